The van der Waals surface area contributed by atoms with Crippen molar-refractivity contribution in [3.63, 3.8) is 0 Å². The van der Waals surface area contributed by atoms with Gasteiger partial charge in [-0.25, -0.2) is 4.98 Å². The van der Waals surface area contributed by atoms with Gasteiger partial charge in [0.05, 0.1) is 10.0 Å². The lowest BCUT2D eigenvalue weighted by molar-refractivity contribution is 0.306. The number of fused-ring (bicyclic) bond motifs is 1. The van der Waals surface area contributed by atoms with Gasteiger partial charge in [-0.15, -0.1) is 0 Å². The molecule has 0 aliphatic heterocycles. The molecule has 1 aromatic heterocycles. The number of hydrogen-bond donors (Lipinski definition) is 0. The molecule has 0 unspecified atom stereocenters. The van der Waals surface area contributed by atoms with Crippen molar-refractivity contribution in [1.29, 1.82) is 5.26 Å². The minimum Gasteiger partial charge on any atom is -0.486 e. The first kappa shape index (κ1) is 20.3. The van der Waals surface area contributed by atoms with Crippen LogP contribution in [0.2, 0.25) is 15.1 Å². The fourth-order valence-corrected chi connectivity index (χ4v) is 3.67. The molecule has 0 amide bonds. The summed E-state index contributed by atoms with van der Waals surface area (Å²) in [7, 11) is 0. The van der Waals surface area contributed by atoms with Crippen LogP contribution in [0.1, 0.15) is 17.0 Å². The molecular formula is C23H13Cl3N2O2. The zero-order valence-electron chi connectivity index (χ0n) is 15.4. The SMILES string of the molecule is N#C/C(=C\c1cc(Cl)c(OCc2ccccc2Cl)c(Cl)c1)c1nc2ccccc2o1. The Kier molecular flexibility index (Phi) is 5.96. The molecule has 0 spiro atoms. The van der Waals surface area contributed by atoms with Gasteiger partial charge in [0, 0.05) is 10.6 Å². The van der Waals surface area contributed by atoms with Gasteiger partial charge in [0.1, 0.15) is 23.8 Å². The normalized spacial score (nSPS) is 11.5. The highest BCUT2D eigenvalue weighted by Gasteiger charge is 2.14. The average Bonchev–Trinajstić information content (AvgIpc) is 3.16. The van der Waals surface area contributed by atoms with E-state index < -0.39 is 0 Å². The highest BCUT2D eigenvalue weighted by molar-refractivity contribution is 6.37. The van der Waals surface area contributed by atoms with E-state index in [1.54, 1.807) is 30.3 Å². The van der Waals surface area contributed by atoms with Crippen molar-refractivity contribution in [2.75, 3.05) is 0 Å². The van der Waals surface area contributed by atoms with Gasteiger partial charge in [0.2, 0.25) is 5.89 Å². The predicted molar refractivity (Wildman–Crippen MR) is 120 cm³/mol. The van der Waals surface area contributed by atoms with Crippen molar-refractivity contribution in [2.45, 2.75) is 6.61 Å². The molecular weight excluding hydrogens is 443 g/mol. The third-order valence-electron chi connectivity index (χ3n) is 4.31. The minimum atomic E-state index is 0.223. The van der Waals surface area contributed by atoms with Crippen LogP contribution in [0.4, 0.5) is 0 Å². The van der Waals surface area contributed by atoms with Gasteiger partial charge >= 0.3 is 0 Å². The number of para-hydroxylation sites is 2. The van der Waals surface area contributed by atoms with Gasteiger partial charge in [-0.1, -0.05) is 65.1 Å². The van der Waals surface area contributed by atoms with E-state index in [1.807, 2.05) is 36.4 Å². The summed E-state index contributed by atoms with van der Waals surface area (Å²) < 4.78 is 11.5. The molecule has 4 rings (SSSR count). The van der Waals surface area contributed by atoms with Crippen LogP contribution in [0.5, 0.6) is 5.75 Å². The first-order chi connectivity index (χ1) is 14.5. The lowest BCUT2D eigenvalue weighted by Crippen LogP contribution is -1.97. The molecule has 0 saturated carbocycles. The number of nitrogens with zero attached hydrogens (tertiary/aromatic N) is 2. The average molecular weight is 456 g/mol. The zero-order valence-corrected chi connectivity index (χ0v) is 17.7. The van der Waals surface area contributed by atoms with Gasteiger partial charge in [0.15, 0.2) is 11.3 Å². The van der Waals surface area contributed by atoms with Gasteiger partial charge in [-0.05, 0) is 42.0 Å². The highest BCUT2D eigenvalue weighted by Crippen LogP contribution is 2.36. The van der Waals surface area contributed by atoms with Crippen LogP contribution in [0.25, 0.3) is 22.7 Å². The number of hydrogen-bond acceptors (Lipinski definition) is 4. The molecule has 0 bridgehead atoms. The van der Waals surface area contributed by atoms with Crippen LogP contribution >= 0.6 is 34.8 Å². The second-order valence-corrected chi connectivity index (χ2v) is 7.57. The maximum absolute atomic E-state index is 9.57. The Hall–Kier alpha value is -2.97. The van der Waals surface area contributed by atoms with Gasteiger partial charge in [-0.2, -0.15) is 5.26 Å². The van der Waals surface area contributed by atoms with E-state index in [9.17, 15) is 5.26 Å². The van der Waals surface area contributed by atoms with E-state index in [-0.39, 0.29) is 18.1 Å². The van der Waals surface area contributed by atoms with E-state index in [0.717, 1.165) is 5.56 Å². The van der Waals surface area contributed by atoms with Crippen molar-refractivity contribution < 1.29 is 9.15 Å². The monoisotopic (exact) mass is 454 g/mol. The first-order valence-electron chi connectivity index (χ1n) is 8.88. The lowest BCUT2D eigenvalue weighted by atomic mass is 10.1. The molecule has 0 aliphatic carbocycles. The highest BCUT2D eigenvalue weighted by atomic mass is 35.5. The van der Waals surface area contributed by atoms with Crippen LogP contribution in [-0.2, 0) is 6.61 Å². The van der Waals surface area contributed by atoms with Gasteiger partial charge in [-0.3, -0.25) is 0 Å². The van der Waals surface area contributed by atoms with E-state index in [2.05, 4.69) is 11.1 Å². The second-order valence-electron chi connectivity index (χ2n) is 6.35. The molecule has 0 fully saturated rings. The van der Waals surface area contributed by atoms with Crippen molar-refractivity contribution in [1.82, 2.24) is 4.98 Å². The number of rotatable bonds is 5. The molecule has 3 aromatic carbocycles. The van der Waals surface area contributed by atoms with Gasteiger partial charge < -0.3 is 9.15 Å². The van der Waals surface area contributed by atoms with Crippen molar-refractivity contribution in [2.24, 2.45) is 0 Å². The van der Waals surface area contributed by atoms with Crippen LogP contribution in [0.3, 0.4) is 0 Å². The summed E-state index contributed by atoms with van der Waals surface area (Å²) in [5, 5.41) is 10.8. The lowest BCUT2D eigenvalue weighted by Gasteiger charge is -2.12. The van der Waals surface area contributed by atoms with E-state index >= 15 is 0 Å². The molecule has 0 saturated heterocycles. The molecule has 4 nitrogen and oxygen atoms in total. The van der Waals surface area contributed by atoms with Crippen LogP contribution in [-0.4, -0.2) is 4.98 Å². The summed E-state index contributed by atoms with van der Waals surface area (Å²) in [6, 6.07) is 20.1. The Morgan fingerprint density at radius 3 is 2.40 bits per heavy atom. The Morgan fingerprint density at radius 1 is 1.00 bits per heavy atom. The summed E-state index contributed by atoms with van der Waals surface area (Å²) in [6.45, 7) is 0.223. The topological polar surface area (TPSA) is 59.0 Å². The summed E-state index contributed by atoms with van der Waals surface area (Å²) in [4.78, 5) is 4.35. The Morgan fingerprint density at radius 2 is 1.70 bits per heavy atom. The Bertz CT molecular complexity index is 1250. The van der Waals surface area contributed by atoms with E-state index in [0.29, 0.717) is 37.5 Å². The number of oxazole rings is 1. The Balaban J connectivity index is 1.61. The number of allylic oxidation sites excluding steroid dienone is 1. The number of nitriles is 1. The molecule has 0 N–H and O–H groups in total. The summed E-state index contributed by atoms with van der Waals surface area (Å²) in [5.74, 6) is 0.570. The molecule has 4 aromatic rings. The maximum atomic E-state index is 9.57. The minimum absolute atomic E-state index is 0.223. The molecule has 148 valence electrons. The maximum Gasteiger partial charge on any atom is 0.238 e. The smallest absolute Gasteiger partial charge is 0.238 e. The molecule has 0 atom stereocenters. The van der Waals surface area contributed by atoms with Crippen LogP contribution in [0.15, 0.2) is 65.1 Å². The first-order valence-corrected chi connectivity index (χ1v) is 10.0. The van der Waals surface area contributed by atoms with E-state index in [1.165, 1.54) is 0 Å². The number of aromatic nitrogens is 1. The molecule has 7 heteroatoms. The summed E-state index contributed by atoms with van der Waals surface area (Å²) in [5.41, 5.74) is 2.97. The van der Waals surface area contributed by atoms with Gasteiger partial charge in [0.25, 0.3) is 0 Å². The molecule has 0 aliphatic rings. The molecule has 30 heavy (non-hydrogen) atoms. The van der Waals surface area contributed by atoms with Crippen LogP contribution < -0.4 is 4.74 Å². The fourth-order valence-electron chi connectivity index (χ4n) is 2.86. The quantitative estimate of drug-likeness (QED) is 0.294. The number of halogens is 3. The van der Waals surface area contributed by atoms with Crippen LogP contribution in [0, 0.1) is 11.3 Å². The number of benzene rings is 3. The van der Waals surface area contributed by atoms with Crippen molar-refractivity contribution in [3.05, 3.63) is 92.7 Å². The fraction of sp³-hybridized carbons (Fsp3) is 0.0435. The molecule has 1 heterocycles. The summed E-state index contributed by atoms with van der Waals surface area (Å²) >= 11 is 18.9. The number of ether oxygens (including phenoxy) is 1. The third kappa shape index (κ3) is 4.29. The third-order valence-corrected chi connectivity index (χ3v) is 5.24. The zero-order chi connectivity index (χ0) is 21.1. The van der Waals surface area contributed by atoms with E-state index in [4.69, 9.17) is 44.0 Å². The van der Waals surface area contributed by atoms with Crippen molar-refractivity contribution >= 4 is 57.6 Å². The summed E-state index contributed by atoms with van der Waals surface area (Å²) in [6.07, 6.45) is 1.61. The predicted octanol–water partition coefficient (Wildman–Crippen LogP) is 7.43. The largest absolute Gasteiger partial charge is 0.486 e. The second kappa shape index (κ2) is 8.81. The molecule has 0 radical (unpaired) electrons. The standard InChI is InChI=1S/C23H13Cl3N2O2/c24-17-6-2-1-5-15(17)13-29-22-18(25)10-14(11-19(22)26)9-16(12-27)23-28-20-7-3-4-8-21(20)30-23/h1-11H,13H2/b16-9+. The Labute approximate surface area is 187 Å². The van der Waals surface area contributed by atoms with Crippen molar-refractivity contribution in [3.8, 4) is 11.8 Å².